The molecular formula is C20H30O5. The van der Waals surface area contributed by atoms with E-state index in [1.54, 1.807) is 18.2 Å². The molecule has 2 rings (SSSR count). The van der Waals surface area contributed by atoms with Crippen molar-refractivity contribution in [1.29, 1.82) is 0 Å². The summed E-state index contributed by atoms with van der Waals surface area (Å²) >= 11 is 0. The lowest BCUT2D eigenvalue weighted by molar-refractivity contribution is -0.0409. The highest BCUT2D eigenvalue weighted by molar-refractivity contribution is 5.92. The minimum Gasteiger partial charge on any atom is -0.493 e. The van der Waals surface area contributed by atoms with Gasteiger partial charge in [0, 0.05) is 12.8 Å². The quantitative estimate of drug-likeness (QED) is 0.527. The Balaban J connectivity index is 1.87. The smallest absolute Gasteiger partial charge is 0.342 e. The zero-order valence-corrected chi connectivity index (χ0v) is 15.0. The summed E-state index contributed by atoms with van der Waals surface area (Å²) in [5.41, 5.74) is 0.394. The number of aliphatic hydroxyl groups is 2. The van der Waals surface area contributed by atoms with Crippen molar-refractivity contribution in [2.75, 3.05) is 6.61 Å². The van der Waals surface area contributed by atoms with E-state index in [0.717, 1.165) is 12.8 Å². The van der Waals surface area contributed by atoms with Crippen molar-refractivity contribution in [2.24, 2.45) is 0 Å². The summed E-state index contributed by atoms with van der Waals surface area (Å²) in [6.07, 6.45) is 5.08. The Hall–Kier alpha value is -1.59. The van der Waals surface area contributed by atoms with Crippen LogP contribution in [0.1, 0.15) is 68.6 Å². The molecule has 0 bridgehead atoms. The number of hydrogen-bond donors (Lipinski definition) is 2. The monoisotopic (exact) mass is 350 g/mol. The van der Waals surface area contributed by atoms with Crippen LogP contribution in [0.2, 0.25) is 0 Å². The molecule has 0 radical (unpaired) electrons. The first-order valence-electron chi connectivity index (χ1n) is 9.39. The molecule has 0 heterocycles. The molecule has 2 atom stereocenters. The lowest BCUT2D eigenvalue weighted by Gasteiger charge is -2.29. The summed E-state index contributed by atoms with van der Waals surface area (Å²) in [7, 11) is 0. The third-order valence-corrected chi connectivity index (χ3v) is 4.50. The van der Waals surface area contributed by atoms with Gasteiger partial charge in [0.15, 0.2) is 0 Å². The fourth-order valence-corrected chi connectivity index (χ4v) is 3.17. The van der Waals surface area contributed by atoms with Crippen LogP contribution in [0.15, 0.2) is 24.3 Å². The second kappa shape index (κ2) is 10.4. The highest BCUT2D eigenvalue weighted by Crippen LogP contribution is 2.25. The molecule has 0 spiro atoms. The standard InChI is InChI=1S/C20H30O5/c1-2-3-4-5-8-11-24-19-10-7-6-9-18(19)20(23)25-17-13-15(21)12-16(22)14-17/h6-7,9-10,15-17,21-22H,2-5,8,11-14H2,1H3/t15-,16-/m1/s1. The minimum atomic E-state index is -0.629. The van der Waals surface area contributed by atoms with E-state index < -0.39 is 24.3 Å². The number of carbonyl (C=O) groups is 1. The number of hydrogen-bond acceptors (Lipinski definition) is 5. The molecule has 2 N–H and O–H groups in total. The number of carbonyl (C=O) groups excluding carboxylic acids is 1. The van der Waals surface area contributed by atoms with E-state index in [2.05, 4.69) is 6.92 Å². The van der Waals surface area contributed by atoms with Crippen molar-refractivity contribution in [2.45, 2.75) is 76.6 Å². The first-order chi connectivity index (χ1) is 12.1. The van der Waals surface area contributed by atoms with Gasteiger partial charge in [0.05, 0.1) is 18.8 Å². The van der Waals surface area contributed by atoms with Crippen molar-refractivity contribution in [1.82, 2.24) is 0 Å². The van der Waals surface area contributed by atoms with Crippen molar-refractivity contribution >= 4 is 5.97 Å². The molecule has 1 aliphatic carbocycles. The third-order valence-electron chi connectivity index (χ3n) is 4.50. The lowest BCUT2D eigenvalue weighted by Crippen LogP contribution is -2.35. The Morgan fingerprint density at radius 1 is 1.04 bits per heavy atom. The van der Waals surface area contributed by atoms with Gasteiger partial charge in [-0.2, -0.15) is 0 Å². The van der Waals surface area contributed by atoms with Crippen molar-refractivity contribution in [3.05, 3.63) is 29.8 Å². The zero-order valence-electron chi connectivity index (χ0n) is 15.0. The Kier molecular flexibility index (Phi) is 8.22. The molecule has 0 saturated heterocycles. The van der Waals surface area contributed by atoms with Crippen LogP contribution in [0.5, 0.6) is 5.75 Å². The van der Waals surface area contributed by atoms with E-state index in [1.807, 2.05) is 6.07 Å². The maximum absolute atomic E-state index is 12.5. The van der Waals surface area contributed by atoms with Crippen LogP contribution in [-0.2, 0) is 4.74 Å². The van der Waals surface area contributed by atoms with Crippen LogP contribution in [0, 0.1) is 0 Å². The van der Waals surface area contributed by atoms with E-state index in [9.17, 15) is 15.0 Å². The van der Waals surface area contributed by atoms with Gasteiger partial charge in [-0.15, -0.1) is 0 Å². The number of ether oxygens (including phenoxy) is 2. The van der Waals surface area contributed by atoms with Crippen LogP contribution in [0.4, 0.5) is 0 Å². The summed E-state index contributed by atoms with van der Waals surface area (Å²) < 4.78 is 11.2. The second-order valence-corrected chi connectivity index (χ2v) is 6.80. The third kappa shape index (κ3) is 6.67. The van der Waals surface area contributed by atoms with Crippen LogP contribution < -0.4 is 4.74 Å². The number of benzene rings is 1. The van der Waals surface area contributed by atoms with Gasteiger partial charge >= 0.3 is 5.97 Å². The highest BCUT2D eigenvalue weighted by atomic mass is 16.5. The number of unbranched alkanes of at least 4 members (excludes halogenated alkanes) is 4. The largest absolute Gasteiger partial charge is 0.493 e. The fraction of sp³-hybridized carbons (Fsp3) is 0.650. The van der Waals surface area contributed by atoms with Crippen LogP contribution in [0.25, 0.3) is 0 Å². The number of para-hydroxylation sites is 1. The first-order valence-corrected chi connectivity index (χ1v) is 9.39. The SMILES string of the molecule is CCCCCCCOc1ccccc1C(=O)OC1C[C@H](O)C[C@@H](O)C1. The topological polar surface area (TPSA) is 76.0 Å². The van der Waals surface area contributed by atoms with Crippen LogP contribution in [0.3, 0.4) is 0 Å². The van der Waals surface area contributed by atoms with E-state index in [-0.39, 0.29) is 0 Å². The zero-order chi connectivity index (χ0) is 18.1. The molecule has 0 aromatic heterocycles. The molecule has 0 unspecified atom stereocenters. The van der Waals surface area contributed by atoms with Crippen molar-refractivity contribution < 1.29 is 24.5 Å². The van der Waals surface area contributed by atoms with Crippen molar-refractivity contribution in [3.63, 3.8) is 0 Å². The van der Waals surface area contributed by atoms with Gasteiger partial charge in [-0.05, 0) is 25.0 Å². The van der Waals surface area contributed by atoms with Crippen LogP contribution in [-0.4, -0.2) is 41.1 Å². The molecule has 1 fully saturated rings. The van der Waals surface area contributed by atoms with Gasteiger partial charge < -0.3 is 19.7 Å². The number of esters is 1. The van der Waals surface area contributed by atoms with Gasteiger partial charge in [-0.3, -0.25) is 0 Å². The molecule has 1 aliphatic rings. The van der Waals surface area contributed by atoms with Crippen LogP contribution >= 0.6 is 0 Å². The normalized spacial score (nSPS) is 23.2. The molecule has 0 aliphatic heterocycles. The van der Waals surface area contributed by atoms with Crippen molar-refractivity contribution in [3.8, 4) is 5.75 Å². The summed E-state index contributed by atoms with van der Waals surface area (Å²) in [5.74, 6) is 0.0628. The maximum atomic E-state index is 12.5. The van der Waals surface area contributed by atoms with Gasteiger partial charge in [0.1, 0.15) is 17.4 Å². The Morgan fingerprint density at radius 2 is 1.72 bits per heavy atom. The fourth-order valence-electron chi connectivity index (χ4n) is 3.17. The molecule has 1 aromatic rings. The predicted molar refractivity (Wildman–Crippen MR) is 95.8 cm³/mol. The Labute approximate surface area is 150 Å². The van der Waals surface area contributed by atoms with E-state index in [4.69, 9.17) is 9.47 Å². The molecule has 5 heteroatoms. The summed E-state index contributed by atoms with van der Waals surface area (Å²) in [6, 6.07) is 7.06. The minimum absolute atomic E-state index is 0.339. The van der Waals surface area contributed by atoms with E-state index in [1.165, 1.54) is 19.3 Å². The van der Waals surface area contributed by atoms with E-state index in [0.29, 0.717) is 37.2 Å². The number of aliphatic hydroxyl groups excluding tert-OH is 2. The van der Waals surface area contributed by atoms with Gasteiger partial charge in [0.2, 0.25) is 0 Å². The molecule has 0 amide bonds. The summed E-state index contributed by atoms with van der Waals surface area (Å²) in [5, 5.41) is 19.4. The molecule has 5 nitrogen and oxygen atoms in total. The predicted octanol–water partition coefficient (Wildman–Crippen LogP) is 3.47. The number of rotatable bonds is 9. The Morgan fingerprint density at radius 3 is 2.44 bits per heavy atom. The molecule has 1 aromatic carbocycles. The summed E-state index contributed by atoms with van der Waals surface area (Å²) in [4.78, 5) is 12.5. The lowest BCUT2D eigenvalue weighted by atomic mass is 9.92. The van der Waals surface area contributed by atoms with Gasteiger partial charge in [-0.25, -0.2) is 4.79 Å². The maximum Gasteiger partial charge on any atom is 0.342 e. The summed E-state index contributed by atoms with van der Waals surface area (Å²) in [6.45, 7) is 2.76. The molecule has 1 saturated carbocycles. The average Bonchev–Trinajstić information content (AvgIpc) is 2.57. The first kappa shape index (κ1) is 19.7. The molecular weight excluding hydrogens is 320 g/mol. The average molecular weight is 350 g/mol. The van der Waals surface area contributed by atoms with Gasteiger partial charge in [-0.1, -0.05) is 44.7 Å². The van der Waals surface area contributed by atoms with E-state index >= 15 is 0 Å². The highest BCUT2D eigenvalue weighted by Gasteiger charge is 2.29. The molecule has 140 valence electrons. The Bertz CT molecular complexity index is 521. The second-order valence-electron chi connectivity index (χ2n) is 6.80. The van der Waals surface area contributed by atoms with Gasteiger partial charge in [0.25, 0.3) is 0 Å². The molecule has 25 heavy (non-hydrogen) atoms.